The molecule has 0 radical (unpaired) electrons. The van der Waals surface area contributed by atoms with Crippen LogP contribution < -0.4 is 9.80 Å². The zero-order valence-corrected chi connectivity index (χ0v) is 17.0. The van der Waals surface area contributed by atoms with Crippen LogP contribution in [0.5, 0.6) is 0 Å². The van der Waals surface area contributed by atoms with E-state index in [0.717, 1.165) is 5.82 Å². The van der Waals surface area contributed by atoms with Crippen LogP contribution in [-0.4, -0.2) is 51.4 Å². The van der Waals surface area contributed by atoms with E-state index in [-0.39, 0.29) is 22.9 Å². The van der Waals surface area contributed by atoms with Crippen molar-refractivity contribution in [3.63, 3.8) is 0 Å². The Hall–Kier alpha value is -3.46. The Morgan fingerprint density at radius 1 is 1.10 bits per heavy atom. The highest BCUT2D eigenvalue weighted by Gasteiger charge is 2.26. The summed E-state index contributed by atoms with van der Waals surface area (Å²) in [6.07, 6.45) is 4.78. The first-order chi connectivity index (χ1) is 14.4. The number of nitro benzene ring substituents is 1. The monoisotopic (exact) mass is 426 g/mol. The number of benzene rings is 1. The number of halogens is 1. The predicted molar refractivity (Wildman–Crippen MR) is 113 cm³/mol. The molecule has 0 atom stereocenters. The third-order valence-corrected chi connectivity index (χ3v) is 5.34. The van der Waals surface area contributed by atoms with Crippen molar-refractivity contribution in [3.05, 3.63) is 75.4 Å². The van der Waals surface area contributed by atoms with Crippen LogP contribution in [0, 0.1) is 10.1 Å². The summed E-state index contributed by atoms with van der Waals surface area (Å²) >= 11 is 5.89. The van der Waals surface area contributed by atoms with Crippen LogP contribution in [0.2, 0.25) is 5.02 Å². The number of anilines is 2. The fourth-order valence-electron chi connectivity index (χ4n) is 3.52. The molecule has 1 saturated heterocycles. The fraction of sp³-hybridized carbons (Fsp3) is 0.250. The third-order valence-electron chi connectivity index (χ3n) is 5.11. The van der Waals surface area contributed by atoms with E-state index >= 15 is 0 Å². The Morgan fingerprint density at radius 2 is 1.83 bits per heavy atom. The van der Waals surface area contributed by atoms with E-state index in [0.29, 0.717) is 36.9 Å². The average molecular weight is 427 g/mol. The summed E-state index contributed by atoms with van der Waals surface area (Å²) in [5.41, 5.74) is 0.650. The predicted octanol–water partition coefficient (Wildman–Crippen LogP) is 2.93. The minimum atomic E-state index is -0.447. The molecule has 3 heterocycles. The van der Waals surface area contributed by atoms with Crippen molar-refractivity contribution in [1.29, 1.82) is 0 Å². The van der Waals surface area contributed by atoms with E-state index in [2.05, 4.69) is 14.9 Å². The lowest BCUT2D eigenvalue weighted by Crippen LogP contribution is -2.47. The largest absolute Gasteiger partial charge is 0.362 e. The summed E-state index contributed by atoms with van der Waals surface area (Å²) in [6.45, 7) is 2.52. The van der Waals surface area contributed by atoms with E-state index in [1.807, 2.05) is 11.0 Å². The van der Waals surface area contributed by atoms with E-state index in [9.17, 15) is 14.9 Å². The molecule has 1 aliphatic rings. The maximum absolute atomic E-state index is 12.7. The lowest BCUT2D eigenvalue weighted by molar-refractivity contribution is -0.384. The number of nitro groups is 1. The molecule has 3 aromatic rings. The number of imidazole rings is 1. The SMILES string of the molecule is Cn1ccnc1C(=O)c1ccc(N2CCN(c3ccc(Cl)cn3)CC2)c([N+](=O)[O-])c1. The molecule has 154 valence electrons. The van der Waals surface area contributed by atoms with Gasteiger partial charge >= 0.3 is 0 Å². The van der Waals surface area contributed by atoms with Crippen LogP contribution >= 0.6 is 11.6 Å². The Kier molecular flexibility index (Phi) is 5.37. The quantitative estimate of drug-likeness (QED) is 0.351. The number of rotatable bonds is 5. The van der Waals surface area contributed by atoms with Gasteiger partial charge in [-0.15, -0.1) is 0 Å². The fourth-order valence-corrected chi connectivity index (χ4v) is 3.64. The van der Waals surface area contributed by atoms with Gasteiger partial charge in [-0.25, -0.2) is 9.97 Å². The summed E-state index contributed by atoms with van der Waals surface area (Å²) in [5.74, 6) is 0.710. The van der Waals surface area contributed by atoms with Crippen LogP contribution in [0.25, 0.3) is 0 Å². The van der Waals surface area contributed by atoms with E-state index in [1.54, 1.807) is 42.2 Å². The second-order valence-electron chi connectivity index (χ2n) is 6.96. The molecule has 0 bridgehead atoms. The number of hydrogen-bond acceptors (Lipinski definition) is 7. The second kappa shape index (κ2) is 8.11. The Balaban J connectivity index is 1.54. The number of nitrogens with zero attached hydrogens (tertiary/aromatic N) is 6. The summed E-state index contributed by atoms with van der Waals surface area (Å²) in [4.78, 5) is 36.4. The standard InChI is InChI=1S/C20H19ClN6O3/c1-24-7-6-22-20(24)19(28)14-2-4-16(17(12-14)27(29)30)25-8-10-26(11-9-25)18-5-3-15(21)13-23-18/h2-7,12-13H,8-11H2,1H3. The Bertz CT molecular complexity index is 1090. The van der Waals surface area contributed by atoms with Gasteiger partial charge in [-0.2, -0.15) is 0 Å². The van der Waals surface area contributed by atoms with Crippen molar-refractivity contribution >= 4 is 34.6 Å². The number of piperazine rings is 1. The van der Waals surface area contributed by atoms with Gasteiger partial charge in [-0.3, -0.25) is 14.9 Å². The lowest BCUT2D eigenvalue weighted by Gasteiger charge is -2.36. The van der Waals surface area contributed by atoms with Gasteiger partial charge in [0.15, 0.2) is 5.82 Å². The topological polar surface area (TPSA) is 97.4 Å². The maximum atomic E-state index is 12.7. The first-order valence-electron chi connectivity index (χ1n) is 9.36. The minimum Gasteiger partial charge on any atom is -0.362 e. The molecule has 10 heteroatoms. The minimum absolute atomic E-state index is 0.0897. The van der Waals surface area contributed by atoms with E-state index in [4.69, 9.17) is 11.6 Å². The molecule has 1 aromatic carbocycles. The summed E-state index contributed by atoms with van der Waals surface area (Å²) < 4.78 is 1.59. The van der Waals surface area contributed by atoms with Gasteiger partial charge in [0, 0.05) is 63.4 Å². The lowest BCUT2D eigenvalue weighted by atomic mass is 10.1. The summed E-state index contributed by atoms with van der Waals surface area (Å²) in [7, 11) is 1.71. The molecule has 4 rings (SSSR count). The highest BCUT2D eigenvalue weighted by atomic mass is 35.5. The van der Waals surface area contributed by atoms with Crippen LogP contribution in [0.4, 0.5) is 17.2 Å². The van der Waals surface area contributed by atoms with Crippen LogP contribution in [0.1, 0.15) is 16.2 Å². The molecular weight excluding hydrogens is 408 g/mol. The molecule has 2 aromatic heterocycles. The highest BCUT2D eigenvalue weighted by Crippen LogP contribution is 2.31. The van der Waals surface area contributed by atoms with Gasteiger partial charge in [-0.05, 0) is 24.3 Å². The van der Waals surface area contributed by atoms with Gasteiger partial charge in [0.2, 0.25) is 5.78 Å². The van der Waals surface area contributed by atoms with Gasteiger partial charge < -0.3 is 14.4 Å². The van der Waals surface area contributed by atoms with Crippen molar-refractivity contribution < 1.29 is 9.72 Å². The van der Waals surface area contributed by atoms with Crippen molar-refractivity contribution in [2.45, 2.75) is 0 Å². The summed E-state index contributed by atoms with van der Waals surface area (Å²) in [5, 5.41) is 12.3. The van der Waals surface area contributed by atoms with Crippen molar-refractivity contribution in [2.24, 2.45) is 7.05 Å². The van der Waals surface area contributed by atoms with Crippen molar-refractivity contribution in [1.82, 2.24) is 14.5 Å². The Morgan fingerprint density at radius 3 is 2.43 bits per heavy atom. The smallest absolute Gasteiger partial charge is 0.293 e. The van der Waals surface area contributed by atoms with Gasteiger partial charge in [0.05, 0.1) is 9.95 Å². The molecule has 30 heavy (non-hydrogen) atoms. The number of hydrogen-bond donors (Lipinski definition) is 0. The van der Waals surface area contributed by atoms with Crippen LogP contribution in [0.15, 0.2) is 48.9 Å². The average Bonchev–Trinajstić information content (AvgIpc) is 3.19. The highest BCUT2D eigenvalue weighted by molar-refractivity contribution is 6.30. The number of ketones is 1. The zero-order valence-electron chi connectivity index (χ0n) is 16.2. The molecule has 0 aliphatic carbocycles. The number of carbonyl (C=O) groups excluding carboxylic acids is 1. The summed E-state index contributed by atoms with van der Waals surface area (Å²) in [6, 6.07) is 8.24. The number of aryl methyl sites for hydroxylation is 1. The molecule has 1 aliphatic heterocycles. The third kappa shape index (κ3) is 3.84. The van der Waals surface area contributed by atoms with Crippen molar-refractivity contribution in [3.8, 4) is 0 Å². The van der Waals surface area contributed by atoms with E-state index < -0.39 is 4.92 Å². The number of aromatic nitrogens is 3. The molecular formula is C20H19ClN6O3. The van der Waals surface area contributed by atoms with Gasteiger partial charge in [-0.1, -0.05) is 11.6 Å². The number of pyridine rings is 1. The second-order valence-corrected chi connectivity index (χ2v) is 7.40. The van der Waals surface area contributed by atoms with Crippen molar-refractivity contribution in [2.75, 3.05) is 36.0 Å². The molecule has 0 saturated carbocycles. The van der Waals surface area contributed by atoms with Gasteiger partial charge in [0.25, 0.3) is 5.69 Å². The molecule has 0 spiro atoms. The molecule has 1 fully saturated rings. The number of carbonyl (C=O) groups is 1. The molecule has 0 amide bonds. The van der Waals surface area contributed by atoms with Crippen LogP contribution in [-0.2, 0) is 7.05 Å². The maximum Gasteiger partial charge on any atom is 0.293 e. The van der Waals surface area contributed by atoms with E-state index in [1.165, 1.54) is 12.3 Å². The first-order valence-corrected chi connectivity index (χ1v) is 9.74. The molecule has 9 nitrogen and oxygen atoms in total. The molecule has 0 N–H and O–H groups in total. The molecule has 0 unspecified atom stereocenters. The Labute approximate surface area is 177 Å². The first kappa shape index (κ1) is 19.8. The zero-order chi connectivity index (χ0) is 21.3. The van der Waals surface area contributed by atoms with Crippen LogP contribution in [0.3, 0.4) is 0 Å². The van der Waals surface area contributed by atoms with Gasteiger partial charge in [0.1, 0.15) is 11.5 Å². The normalized spacial score (nSPS) is 14.1.